The monoisotopic (exact) mass is 427 g/mol. The van der Waals surface area contributed by atoms with Gasteiger partial charge in [-0.2, -0.15) is 0 Å². The van der Waals surface area contributed by atoms with Gasteiger partial charge in [-0.1, -0.05) is 6.07 Å². The lowest BCUT2D eigenvalue weighted by Crippen LogP contribution is -2.43. The van der Waals surface area contributed by atoms with Crippen molar-refractivity contribution in [2.75, 3.05) is 42.0 Å². The molecule has 2 aromatic rings. The predicted octanol–water partition coefficient (Wildman–Crippen LogP) is 2.63. The van der Waals surface area contributed by atoms with Gasteiger partial charge in [-0.05, 0) is 47.4 Å². The minimum atomic E-state index is -0.430. The second kappa shape index (κ2) is 10.1. The highest BCUT2D eigenvalue weighted by molar-refractivity contribution is 5.92. The van der Waals surface area contributed by atoms with Crippen LogP contribution in [-0.4, -0.2) is 58.9 Å². The van der Waals surface area contributed by atoms with Crippen molar-refractivity contribution in [2.24, 2.45) is 4.99 Å². The molecule has 8 heteroatoms. The summed E-state index contributed by atoms with van der Waals surface area (Å²) < 4.78 is 21.0. The summed E-state index contributed by atoms with van der Waals surface area (Å²) in [7, 11) is 7.94. The van der Waals surface area contributed by atoms with Gasteiger partial charge >= 0.3 is 5.97 Å². The van der Waals surface area contributed by atoms with Crippen LogP contribution in [0.1, 0.15) is 27.0 Å². The number of hydrogen-bond acceptors (Lipinski definition) is 6. The van der Waals surface area contributed by atoms with Crippen LogP contribution in [-0.2, 0) is 24.2 Å². The van der Waals surface area contributed by atoms with E-state index in [1.165, 1.54) is 25.3 Å². The van der Waals surface area contributed by atoms with Gasteiger partial charge in [0, 0.05) is 26.7 Å². The number of rotatable bonds is 6. The van der Waals surface area contributed by atoms with E-state index >= 15 is 0 Å². The molecule has 1 heterocycles. The average Bonchev–Trinajstić information content (AvgIpc) is 2.82. The van der Waals surface area contributed by atoms with Crippen LogP contribution in [0.2, 0.25) is 0 Å². The summed E-state index contributed by atoms with van der Waals surface area (Å²) in [6.07, 6.45) is 0.880. The molecule has 0 aliphatic carbocycles. The van der Waals surface area contributed by atoms with E-state index < -0.39 is 5.97 Å². The summed E-state index contributed by atoms with van der Waals surface area (Å²) in [4.78, 5) is 18.7. The summed E-state index contributed by atoms with van der Waals surface area (Å²) in [6.45, 7) is 2.06. The Labute approximate surface area is 182 Å². The highest BCUT2D eigenvalue weighted by Gasteiger charge is 2.22. The number of nitrogens with zero attached hydrogens (tertiary/aromatic N) is 2. The molecule has 2 aromatic carbocycles. The van der Waals surface area contributed by atoms with Crippen molar-refractivity contribution in [3.63, 3.8) is 0 Å². The SMILES string of the molecule is CN=C(NCc1ccc(OC)c(C(=O)OC)c1)N1CCc2cc(OC)c(OC)cc2C1. The maximum atomic E-state index is 12.0. The molecule has 0 fully saturated rings. The second-order valence-corrected chi connectivity index (χ2v) is 7.07. The topological polar surface area (TPSA) is 81.6 Å². The molecule has 31 heavy (non-hydrogen) atoms. The fourth-order valence-electron chi connectivity index (χ4n) is 3.71. The van der Waals surface area contributed by atoms with Gasteiger partial charge in [0.15, 0.2) is 17.5 Å². The lowest BCUT2D eigenvalue weighted by atomic mass is 9.99. The molecule has 0 atom stereocenters. The van der Waals surface area contributed by atoms with Crippen molar-refractivity contribution in [2.45, 2.75) is 19.5 Å². The zero-order valence-electron chi connectivity index (χ0n) is 18.7. The number of methoxy groups -OCH3 is 4. The molecule has 1 N–H and O–H groups in total. The summed E-state index contributed by atoms with van der Waals surface area (Å²) in [5, 5.41) is 3.39. The van der Waals surface area contributed by atoms with Crippen molar-refractivity contribution in [1.82, 2.24) is 10.2 Å². The highest BCUT2D eigenvalue weighted by Crippen LogP contribution is 2.33. The Morgan fingerprint density at radius 3 is 2.29 bits per heavy atom. The first-order chi connectivity index (χ1) is 15.0. The number of esters is 1. The fraction of sp³-hybridized carbons (Fsp3) is 0.391. The van der Waals surface area contributed by atoms with E-state index in [9.17, 15) is 4.79 Å². The van der Waals surface area contributed by atoms with Gasteiger partial charge in [0.25, 0.3) is 0 Å². The number of carbonyl (C=O) groups is 1. The standard InChI is InChI=1S/C23H29N3O5/c1-24-23(25-13-15-6-7-19(28-2)18(10-15)22(27)31-5)26-9-8-16-11-20(29-3)21(30-4)12-17(16)14-26/h6-7,10-12H,8-9,13-14H2,1-5H3,(H,24,25). The molecule has 0 bridgehead atoms. The molecular weight excluding hydrogens is 398 g/mol. The molecule has 0 saturated heterocycles. The number of hydrogen-bond donors (Lipinski definition) is 1. The van der Waals surface area contributed by atoms with Crippen LogP contribution >= 0.6 is 0 Å². The van der Waals surface area contributed by atoms with Crippen molar-refractivity contribution in [3.8, 4) is 17.2 Å². The summed E-state index contributed by atoms with van der Waals surface area (Å²) in [5.41, 5.74) is 3.75. The van der Waals surface area contributed by atoms with Crippen molar-refractivity contribution in [1.29, 1.82) is 0 Å². The molecule has 8 nitrogen and oxygen atoms in total. The Balaban J connectivity index is 1.72. The largest absolute Gasteiger partial charge is 0.496 e. The molecule has 1 aliphatic heterocycles. The number of guanidine groups is 1. The smallest absolute Gasteiger partial charge is 0.341 e. The van der Waals surface area contributed by atoms with Crippen molar-refractivity contribution < 1.29 is 23.7 Å². The number of nitrogens with one attached hydrogen (secondary N) is 1. The van der Waals surface area contributed by atoms with E-state index in [-0.39, 0.29) is 0 Å². The van der Waals surface area contributed by atoms with Gasteiger partial charge in [-0.15, -0.1) is 0 Å². The molecule has 0 aromatic heterocycles. The molecule has 3 rings (SSSR count). The van der Waals surface area contributed by atoms with Crippen LogP contribution in [0.15, 0.2) is 35.3 Å². The molecule has 166 valence electrons. The molecular formula is C23H29N3O5. The molecule has 0 radical (unpaired) electrons. The third-order valence-electron chi connectivity index (χ3n) is 5.35. The third-order valence-corrected chi connectivity index (χ3v) is 5.35. The lowest BCUT2D eigenvalue weighted by molar-refractivity contribution is 0.0597. The number of benzene rings is 2. The number of fused-ring (bicyclic) bond motifs is 1. The van der Waals surface area contributed by atoms with E-state index in [1.807, 2.05) is 18.2 Å². The predicted molar refractivity (Wildman–Crippen MR) is 118 cm³/mol. The zero-order valence-corrected chi connectivity index (χ0v) is 18.7. The molecule has 1 aliphatic rings. The minimum Gasteiger partial charge on any atom is -0.496 e. The zero-order chi connectivity index (χ0) is 22.4. The van der Waals surface area contributed by atoms with Crippen LogP contribution in [0.3, 0.4) is 0 Å². The Morgan fingerprint density at radius 2 is 1.68 bits per heavy atom. The number of carbonyl (C=O) groups excluding carboxylic acids is 1. The highest BCUT2D eigenvalue weighted by atomic mass is 16.5. The van der Waals surface area contributed by atoms with Gasteiger partial charge in [0.2, 0.25) is 0 Å². The summed E-state index contributed by atoms with van der Waals surface area (Å²) in [6, 6.07) is 9.53. The van der Waals surface area contributed by atoms with Crippen LogP contribution in [0, 0.1) is 0 Å². The van der Waals surface area contributed by atoms with E-state index in [0.717, 1.165) is 36.0 Å². The fourth-order valence-corrected chi connectivity index (χ4v) is 3.71. The van der Waals surface area contributed by atoms with Crippen LogP contribution in [0.4, 0.5) is 0 Å². The normalized spacial score (nSPS) is 13.3. The third kappa shape index (κ3) is 4.84. The molecule has 0 amide bonds. The Kier molecular flexibility index (Phi) is 7.23. The van der Waals surface area contributed by atoms with E-state index in [1.54, 1.807) is 33.4 Å². The quantitative estimate of drug-likeness (QED) is 0.431. The Morgan fingerprint density at radius 1 is 1.00 bits per heavy atom. The van der Waals surface area contributed by atoms with Gasteiger partial charge in [0.1, 0.15) is 11.3 Å². The van der Waals surface area contributed by atoms with Gasteiger partial charge in [-0.25, -0.2) is 4.79 Å². The maximum absolute atomic E-state index is 12.0. The van der Waals surface area contributed by atoms with Crippen LogP contribution in [0.5, 0.6) is 17.2 Å². The van der Waals surface area contributed by atoms with Crippen molar-refractivity contribution >= 4 is 11.9 Å². The number of aliphatic imine (C=N–C) groups is 1. The average molecular weight is 428 g/mol. The first-order valence-corrected chi connectivity index (χ1v) is 9.99. The van der Waals surface area contributed by atoms with Crippen LogP contribution < -0.4 is 19.5 Å². The minimum absolute atomic E-state index is 0.396. The number of ether oxygens (including phenoxy) is 4. The molecule has 0 saturated carbocycles. The van der Waals surface area contributed by atoms with Crippen LogP contribution in [0.25, 0.3) is 0 Å². The molecule has 0 spiro atoms. The summed E-state index contributed by atoms with van der Waals surface area (Å²) >= 11 is 0. The Bertz CT molecular complexity index is 974. The van der Waals surface area contributed by atoms with Crippen molar-refractivity contribution in [3.05, 3.63) is 52.6 Å². The maximum Gasteiger partial charge on any atom is 0.341 e. The van der Waals surface area contributed by atoms with E-state index in [0.29, 0.717) is 24.4 Å². The summed E-state index contributed by atoms with van der Waals surface area (Å²) in [5.74, 6) is 2.31. The second-order valence-electron chi connectivity index (χ2n) is 7.07. The Hall–Kier alpha value is -3.42. The van der Waals surface area contributed by atoms with Gasteiger partial charge in [-0.3, -0.25) is 4.99 Å². The first-order valence-electron chi connectivity index (χ1n) is 9.99. The first kappa shape index (κ1) is 22.3. The van der Waals surface area contributed by atoms with Gasteiger partial charge < -0.3 is 29.2 Å². The van der Waals surface area contributed by atoms with E-state index in [4.69, 9.17) is 18.9 Å². The lowest BCUT2D eigenvalue weighted by Gasteiger charge is -2.32. The van der Waals surface area contributed by atoms with Gasteiger partial charge in [0.05, 0.1) is 28.4 Å². The van der Waals surface area contributed by atoms with E-state index in [2.05, 4.69) is 15.2 Å². The molecule has 0 unspecified atom stereocenters.